The smallest absolute Gasteiger partial charge is 0.261 e. The van der Waals surface area contributed by atoms with Crippen LogP contribution in [-0.2, 0) is 25.9 Å². The Kier molecular flexibility index (Phi) is 9.68. The van der Waals surface area contributed by atoms with Crippen LogP contribution in [0.5, 0.6) is 0 Å². The Morgan fingerprint density at radius 2 is 1.89 bits per heavy atom. The van der Waals surface area contributed by atoms with Crippen molar-refractivity contribution >= 4 is 55.4 Å². The lowest BCUT2D eigenvalue weighted by atomic mass is 10.0. The van der Waals surface area contributed by atoms with Gasteiger partial charge in [-0.05, 0) is 75.2 Å². The first-order valence-electron chi connectivity index (χ1n) is 15.5. The van der Waals surface area contributed by atoms with Crippen LogP contribution in [0, 0.1) is 0 Å². The van der Waals surface area contributed by atoms with Crippen molar-refractivity contribution in [3.63, 3.8) is 0 Å². The van der Waals surface area contributed by atoms with Crippen molar-refractivity contribution in [3.8, 4) is 10.4 Å². The van der Waals surface area contributed by atoms with Crippen LogP contribution in [0.2, 0.25) is 0 Å². The van der Waals surface area contributed by atoms with Crippen LogP contribution in [0.4, 0.5) is 17.3 Å². The van der Waals surface area contributed by atoms with Crippen LogP contribution >= 0.6 is 11.3 Å². The molecule has 0 bridgehead atoms. The highest BCUT2D eigenvalue weighted by atomic mass is 32.2. The summed E-state index contributed by atoms with van der Waals surface area (Å²) in [7, 11) is -0.00386. The summed E-state index contributed by atoms with van der Waals surface area (Å²) in [5.74, 6) is -0.0227. The van der Waals surface area contributed by atoms with Gasteiger partial charge >= 0.3 is 0 Å². The van der Waals surface area contributed by atoms with Crippen molar-refractivity contribution in [3.05, 3.63) is 58.3 Å². The van der Waals surface area contributed by atoms with Gasteiger partial charge in [0.1, 0.15) is 12.2 Å². The van der Waals surface area contributed by atoms with Gasteiger partial charge in [-0.3, -0.25) is 14.2 Å². The number of sulfone groups is 1. The van der Waals surface area contributed by atoms with E-state index in [1.165, 1.54) is 34.5 Å². The Morgan fingerprint density at radius 1 is 1.15 bits per heavy atom. The zero-order chi connectivity index (χ0) is 32.3. The van der Waals surface area contributed by atoms with Crippen molar-refractivity contribution in [1.82, 2.24) is 24.8 Å². The fraction of sp³-hybridized carbons (Fsp3) is 0.438. The lowest BCUT2D eigenvalue weighted by Crippen LogP contribution is -2.41. The van der Waals surface area contributed by atoms with E-state index in [0.717, 1.165) is 50.1 Å². The number of ether oxygens (including phenoxy) is 1. The number of benzene rings is 1. The molecule has 2 N–H and O–H groups in total. The summed E-state index contributed by atoms with van der Waals surface area (Å²) in [6.07, 6.45) is 5.69. The van der Waals surface area contributed by atoms with Crippen molar-refractivity contribution in [2.45, 2.75) is 43.2 Å². The first-order valence-corrected chi connectivity index (χ1v) is 18.1. The number of thiophene rings is 1. The second-order valence-corrected chi connectivity index (χ2v) is 14.8. The van der Waals surface area contributed by atoms with Gasteiger partial charge in [0.25, 0.3) is 5.56 Å². The number of carbonyl (C=O) groups is 1. The predicted octanol–water partition coefficient (Wildman–Crippen LogP) is 3.49. The fourth-order valence-electron chi connectivity index (χ4n) is 5.99. The summed E-state index contributed by atoms with van der Waals surface area (Å²) in [5, 5.41) is 8.74. The molecule has 244 valence electrons. The van der Waals surface area contributed by atoms with E-state index < -0.39 is 15.4 Å². The Balaban J connectivity index is 1.32. The SMILES string of the molecule is COCCS(=O)(=O)c1csc(-c2cc3cnc(Nc4ccc(N(C)C5CCNCC5)cc4)nc3n(CC(=O)N3CCCC3)c2=O)c1. The van der Waals surface area contributed by atoms with Gasteiger partial charge in [0.2, 0.25) is 11.9 Å². The molecule has 46 heavy (non-hydrogen) atoms. The molecule has 12 nitrogen and oxygen atoms in total. The molecule has 6 rings (SSSR count). The summed E-state index contributed by atoms with van der Waals surface area (Å²) >= 11 is 1.17. The second-order valence-electron chi connectivity index (χ2n) is 11.7. The number of nitrogens with one attached hydrogen (secondary N) is 2. The normalized spacial score (nSPS) is 15.8. The van der Waals surface area contributed by atoms with Gasteiger partial charge < -0.3 is 25.2 Å². The van der Waals surface area contributed by atoms with Gasteiger partial charge in [-0.2, -0.15) is 4.98 Å². The molecule has 14 heteroatoms. The Bertz CT molecular complexity index is 1860. The number of rotatable bonds is 11. The van der Waals surface area contributed by atoms with E-state index in [-0.39, 0.29) is 35.3 Å². The Labute approximate surface area is 272 Å². The third kappa shape index (κ3) is 6.94. The maximum atomic E-state index is 14.0. The van der Waals surface area contributed by atoms with Crippen LogP contribution in [0.15, 0.2) is 57.7 Å². The fourth-order valence-corrected chi connectivity index (χ4v) is 8.50. The molecule has 2 fully saturated rings. The van der Waals surface area contributed by atoms with Gasteiger partial charge in [-0.15, -0.1) is 11.3 Å². The number of anilines is 3. The van der Waals surface area contributed by atoms with Crippen molar-refractivity contribution in [1.29, 1.82) is 0 Å². The highest BCUT2D eigenvalue weighted by Crippen LogP contribution is 2.30. The number of likely N-dealkylation sites (tertiary alicyclic amines) is 1. The molecule has 0 radical (unpaired) electrons. The third-order valence-electron chi connectivity index (χ3n) is 8.72. The number of pyridine rings is 1. The van der Waals surface area contributed by atoms with Crippen molar-refractivity contribution in [2.75, 3.05) is 62.9 Å². The number of nitrogens with zero attached hydrogens (tertiary/aromatic N) is 5. The average Bonchev–Trinajstić information content (AvgIpc) is 3.80. The quantitative estimate of drug-likeness (QED) is 0.245. The van der Waals surface area contributed by atoms with E-state index in [9.17, 15) is 18.0 Å². The lowest BCUT2D eigenvalue weighted by molar-refractivity contribution is -0.130. The summed E-state index contributed by atoms with van der Waals surface area (Å²) in [5.41, 5.74) is 2.11. The number of methoxy groups -OCH3 is 1. The molecular weight excluding hydrogens is 627 g/mol. The Hall–Kier alpha value is -3.85. The molecule has 0 unspecified atom stereocenters. The van der Waals surface area contributed by atoms with E-state index in [0.29, 0.717) is 41.0 Å². The first-order chi connectivity index (χ1) is 22.2. The first kappa shape index (κ1) is 32.1. The molecule has 2 aliphatic heterocycles. The van der Waals surface area contributed by atoms with E-state index in [1.807, 2.05) is 12.1 Å². The largest absolute Gasteiger partial charge is 0.384 e. The Morgan fingerprint density at radius 3 is 2.61 bits per heavy atom. The van der Waals surface area contributed by atoms with Gasteiger partial charge in [0, 0.05) is 66.5 Å². The summed E-state index contributed by atoms with van der Waals surface area (Å²) in [4.78, 5) is 41.2. The van der Waals surface area contributed by atoms with E-state index in [1.54, 1.807) is 17.2 Å². The minimum Gasteiger partial charge on any atom is -0.384 e. The number of carbonyl (C=O) groups excluding carboxylic acids is 1. The highest BCUT2D eigenvalue weighted by Gasteiger charge is 2.24. The molecule has 4 aromatic rings. The minimum absolute atomic E-state index is 0.0716. The molecule has 0 aliphatic carbocycles. The zero-order valence-corrected chi connectivity index (χ0v) is 27.7. The number of hydrogen-bond acceptors (Lipinski definition) is 11. The summed E-state index contributed by atoms with van der Waals surface area (Å²) in [6.45, 7) is 3.25. The number of fused-ring (bicyclic) bond motifs is 1. The maximum Gasteiger partial charge on any atom is 0.261 e. The molecule has 2 aliphatic rings. The average molecular weight is 666 g/mol. The van der Waals surface area contributed by atoms with Crippen LogP contribution in [0.3, 0.4) is 0 Å². The van der Waals surface area contributed by atoms with Crippen LogP contribution in [0.1, 0.15) is 25.7 Å². The maximum absolute atomic E-state index is 14.0. The number of hydrogen-bond donors (Lipinski definition) is 2. The molecule has 1 aromatic carbocycles. The third-order valence-corrected chi connectivity index (χ3v) is 11.5. The summed E-state index contributed by atoms with van der Waals surface area (Å²) < 4.78 is 31.9. The lowest BCUT2D eigenvalue weighted by Gasteiger charge is -2.33. The predicted molar refractivity (Wildman–Crippen MR) is 181 cm³/mol. The van der Waals surface area contributed by atoms with Crippen LogP contribution in [-0.4, -0.2) is 92.5 Å². The topological polar surface area (TPSA) is 139 Å². The van der Waals surface area contributed by atoms with Crippen LogP contribution in [0.25, 0.3) is 21.5 Å². The molecule has 5 heterocycles. The standard InChI is InChI=1S/C32H39N7O5S2/c1-37(25-9-11-33-12-10-25)24-7-5-23(6-8-24)35-32-34-19-22-17-27(28-18-26(21-45-28)46(42,43)16-15-44-2)31(41)39(30(22)36-32)20-29(40)38-13-3-4-14-38/h5-8,17-19,21,25,33H,3-4,9-16,20H2,1-2H3,(H,34,35,36). The highest BCUT2D eigenvalue weighted by molar-refractivity contribution is 7.91. The molecular formula is C32H39N7O5S2. The molecule has 0 atom stereocenters. The minimum atomic E-state index is -3.58. The van der Waals surface area contributed by atoms with E-state index >= 15 is 0 Å². The van der Waals surface area contributed by atoms with Crippen molar-refractivity contribution < 1.29 is 17.9 Å². The number of aromatic nitrogens is 3. The second kappa shape index (κ2) is 13.9. The van der Waals surface area contributed by atoms with Crippen LogP contribution < -0.4 is 21.1 Å². The monoisotopic (exact) mass is 665 g/mol. The van der Waals surface area contributed by atoms with E-state index in [4.69, 9.17) is 9.72 Å². The molecule has 0 saturated carbocycles. The molecule has 1 amide bonds. The molecule has 3 aromatic heterocycles. The van der Waals surface area contributed by atoms with Gasteiger partial charge in [0.05, 0.1) is 22.8 Å². The van der Waals surface area contributed by atoms with Crippen molar-refractivity contribution in [2.24, 2.45) is 0 Å². The molecule has 0 spiro atoms. The number of amides is 1. The number of piperidine rings is 1. The van der Waals surface area contributed by atoms with Gasteiger partial charge in [-0.1, -0.05) is 0 Å². The van der Waals surface area contributed by atoms with Gasteiger partial charge in [0.15, 0.2) is 9.84 Å². The molecule has 2 saturated heterocycles. The zero-order valence-electron chi connectivity index (χ0n) is 26.1. The van der Waals surface area contributed by atoms with Gasteiger partial charge in [-0.25, -0.2) is 13.4 Å². The summed E-state index contributed by atoms with van der Waals surface area (Å²) in [6, 6.07) is 11.7. The van der Waals surface area contributed by atoms with E-state index in [2.05, 4.69) is 39.7 Å².